The van der Waals surface area contributed by atoms with Crippen LogP contribution in [0.4, 0.5) is 0 Å². The molecule has 0 spiro atoms. The fraction of sp³-hybridized carbons (Fsp3) is 0.857. The quantitative estimate of drug-likeness (QED) is 0.404. The minimum absolute atomic E-state index is 0.858. The van der Waals surface area contributed by atoms with Crippen LogP contribution in [0.2, 0.25) is 0 Å². The van der Waals surface area contributed by atoms with Gasteiger partial charge in [0.2, 0.25) is 0 Å². The number of nitrogens with one attached hydrogen (secondary N) is 1. The molecule has 1 heteroatoms. The van der Waals surface area contributed by atoms with Gasteiger partial charge in [0.15, 0.2) is 0 Å². The molecule has 0 bridgehead atoms. The van der Waals surface area contributed by atoms with Gasteiger partial charge in [-0.25, -0.2) is 0 Å². The minimum atomic E-state index is 0.858. The van der Waals surface area contributed by atoms with Gasteiger partial charge in [0.05, 0.1) is 0 Å². The van der Waals surface area contributed by atoms with E-state index in [1.54, 1.807) is 0 Å². The van der Waals surface area contributed by atoms with Crippen molar-refractivity contribution in [3.05, 3.63) is 0 Å². The standard InChI is InChI=1S/C14H27N/c1-3-5-7-8-9-10-11-12-14-15-13-6-4-2/h2,15H,3,5-14H2,1H3. The summed E-state index contributed by atoms with van der Waals surface area (Å²) in [5, 5.41) is 3.36. The summed E-state index contributed by atoms with van der Waals surface area (Å²) in [6, 6.07) is 0. The first-order valence-corrected chi connectivity index (χ1v) is 6.56. The SMILES string of the molecule is C#CCCNCCCCCCCCCC. The number of terminal acetylenes is 1. The van der Waals surface area contributed by atoms with Gasteiger partial charge in [-0.05, 0) is 13.0 Å². The number of hydrogen-bond donors (Lipinski definition) is 1. The second-order valence-corrected chi connectivity index (χ2v) is 4.18. The van der Waals surface area contributed by atoms with Crippen LogP contribution in [0, 0.1) is 12.3 Å². The van der Waals surface area contributed by atoms with E-state index in [9.17, 15) is 0 Å². The summed E-state index contributed by atoms with van der Waals surface area (Å²) in [4.78, 5) is 0. The summed E-state index contributed by atoms with van der Waals surface area (Å²) in [5.41, 5.74) is 0. The lowest BCUT2D eigenvalue weighted by Gasteiger charge is -2.02. The van der Waals surface area contributed by atoms with Crippen molar-refractivity contribution in [2.75, 3.05) is 13.1 Å². The molecule has 0 radical (unpaired) electrons. The maximum absolute atomic E-state index is 5.16. The number of hydrogen-bond acceptors (Lipinski definition) is 1. The van der Waals surface area contributed by atoms with E-state index in [1.165, 1.54) is 51.4 Å². The Bertz CT molecular complexity index is 146. The molecule has 0 aromatic carbocycles. The largest absolute Gasteiger partial charge is 0.316 e. The lowest BCUT2D eigenvalue weighted by atomic mass is 10.1. The van der Waals surface area contributed by atoms with Gasteiger partial charge in [-0.2, -0.15) is 0 Å². The summed E-state index contributed by atoms with van der Waals surface area (Å²) in [5.74, 6) is 2.64. The van der Waals surface area contributed by atoms with E-state index in [1.807, 2.05) is 0 Å². The average molecular weight is 209 g/mol. The van der Waals surface area contributed by atoms with E-state index in [-0.39, 0.29) is 0 Å². The van der Waals surface area contributed by atoms with Crippen LogP contribution in [0.15, 0.2) is 0 Å². The molecule has 0 aliphatic carbocycles. The zero-order chi connectivity index (χ0) is 11.2. The van der Waals surface area contributed by atoms with Crippen LogP contribution in [0.25, 0.3) is 0 Å². The van der Waals surface area contributed by atoms with Crippen molar-refractivity contribution in [3.8, 4) is 12.3 Å². The van der Waals surface area contributed by atoms with Gasteiger partial charge in [-0.3, -0.25) is 0 Å². The van der Waals surface area contributed by atoms with Crippen LogP contribution in [0.1, 0.15) is 64.7 Å². The monoisotopic (exact) mass is 209 g/mol. The Labute approximate surface area is 96.0 Å². The summed E-state index contributed by atoms with van der Waals surface area (Å²) >= 11 is 0. The Morgan fingerprint density at radius 3 is 2.07 bits per heavy atom. The zero-order valence-corrected chi connectivity index (χ0v) is 10.4. The minimum Gasteiger partial charge on any atom is -0.316 e. The van der Waals surface area contributed by atoms with Crippen molar-refractivity contribution in [1.29, 1.82) is 0 Å². The van der Waals surface area contributed by atoms with Crippen LogP contribution in [-0.4, -0.2) is 13.1 Å². The maximum Gasteiger partial charge on any atom is 0.0211 e. The molecule has 0 heterocycles. The van der Waals surface area contributed by atoms with Gasteiger partial charge < -0.3 is 5.32 Å². The summed E-state index contributed by atoms with van der Waals surface area (Å²) < 4.78 is 0. The molecular weight excluding hydrogens is 182 g/mol. The van der Waals surface area contributed by atoms with Gasteiger partial charge in [0.25, 0.3) is 0 Å². The third kappa shape index (κ3) is 13.5. The van der Waals surface area contributed by atoms with E-state index in [4.69, 9.17) is 6.42 Å². The Morgan fingerprint density at radius 1 is 0.867 bits per heavy atom. The predicted octanol–water partition coefficient (Wildman–Crippen LogP) is 3.74. The summed E-state index contributed by atoms with van der Waals surface area (Å²) in [6.45, 7) is 4.38. The highest BCUT2D eigenvalue weighted by Gasteiger charge is 1.91. The van der Waals surface area contributed by atoms with Crippen molar-refractivity contribution in [3.63, 3.8) is 0 Å². The van der Waals surface area contributed by atoms with Crippen LogP contribution < -0.4 is 5.32 Å². The first-order chi connectivity index (χ1) is 7.41. The molecule has 0 amide bonds. The van der Waals surface area contributed by atoms with Crippen molar-refractivity contribution >= 4 is 0 Å². The van der Waals surface area contributed by atoms with Gasteiger partial charge >= 0.3 is 0 Å². The topological polar surface area (TPSA) is 12.0 Å². The highest BCUT2D eigenvalue weighted by Crippen LogP contribution is 2.07. The van der Waals surface area contributed by atoms with Crippen LogP contribution in [0.5, 0.6) is 0 Å². The van der Waals surface area contributed by atoms with Crippen LogP contribution in [-0.2, 0) is 0 Å². The van der Waals surface area contributed by atoms with Crippen molar-refractivity contribution in [1.82, 2.24) is 5.32 Å². The lowest BCUT2D eigenvalue weighted by Crippen LogP contribution is -2.15. The molecule has 0 saturated heterocycles. The van der Waals surface area contributed by atoms with Gasteiger partial charge in [0.1, 0.15) is 0 Å². The first-order valence-electron chi connectivity index (χ1n) is 6.56. The molecule has 1 nitrogen and oxygen atoms in total. The fourth-order valence-corrected chi connectivity index (χ4v) is 1.67. The smallest absolute Gasteiger partial charge is 0.0211 e. The molecular formula is C14H27N. The predicted molar refractivity (Wildman–Crippen MR) is 68.9 cm³/mol. The third-order valence-electron chi connectivity index (χ3n) is 2.65. The van der Waals surface area contributed by atoms with E-state index in [0.29, 0.717) is 0 Å². The molecule has 0 atom stereocenters. The highest BCUT2D eigenvalue weighted by molar-refractivity contribution is 4.83. The molecule has 0 aromatic heterocycles. The van der Waals surface area contributed by atoms with Gasteiger partial charge in [0, 0.05) is 13.0 Å². The van der Waals surface area contributed by atoms with E-state index >= 15 is 0 Å². The number of rotatable bonds is 11. The lowest BCUT2D eigenvalue weighted by molar-refractivity contribution is 0.557. The molecule has 0 aromatic rings. The van der Waals surface area contributed by atoms with Crippen molar-refractivity contribution in [2.24, 2.45) is 0 Å². The van der Waals surface area contributed by atoms with Gasteiger partial charge in [-0.1, -0.05) is 51.9 Å². The normalized spacial score (nSPS) is 10.1. The Kier molecular flexibility index (Phi) is 13.1. The average Bonchev–Trinajstić information content (AvgIpc) is 2.26. The second-order valence-electron chi connectivity index (χ2n) is 4.18. The molecule has 88 valence electrons. The highest BCUT2D eigenvalue weighted by atomic mass is 14.8. The first kappa shape index (κ1) is 14.5. The van der Waals surface area contributed by atoms with E-state index in [0.717, 1.165) is 19.5 Å². The zero-order valence-electron chi connectivity index (χ0n) is 10.4. The van der Waals surface area contributed by atoms with Crippen LogP contribution in [0.3, 0.4) is 0 Å². The fourth-order valence-electron chi connectivity index (χ4n) is 1.67. The molecule has 0 saturated carbocycles. The molecule has 0 unspecified atom stereocenters. The molecule has 1 N–H and O–H groups in total. The number of unbranched alkanes of at least 4 members (excludes halogenated alkanes) is 7. The van der Waals surface area contributed by atoms with Crippen molar-refractivity contribution in [2.45, 2.75) is 64.7 Å². The van der Waals surface area contributed by atoms with Crippen LogP contribution >= 0.6 is 0 Å². The Hall–Kier alpha value is -0.480. The third-order valence-corrected chi connectivity index (χ3v) is 2.65. The summed E-state index contributed by atoms with van der Waals surface area (Å²) in [7, 11) is 0. The van der Waals surface area contributed by atoms with Gasteiger partial charge in [-0.15, -0.1) is 12.3 Å². The second kappa shape index (κ2) is 13.5. The summed E-state index contributed by atoms with van der Waals surface area (Å²) in [6.07, 6.45) is 17.1. The van der Waals surface area contributed by atoms with E-state index < -0.39 is 0 Å². The van der Waals surface area contributed by atoms with Crippen molar-refractivity contribution < 1.29 is 0 Å². The molecule has 0 aliphatic heterocycles. The van der Waals surface area contributed by atoms with E-state index in [2.05, 4.69) is 18.2 Å². The molecule has 0 fully saturated rings. The maximum atomic E-state index is 5.16. The molecule has 0 aliphatic rings. The Morgan fingerprint density at radius 2 is 1.47 bits per heavy atom. The Balaban J connectivity index is 2.84. The molecule has 15 heavy (non-hydrogen) atoms. The molecule has 0 rings (SSSR count).